The standard InChI is InChI=1S/C22H31NO5S.C14H19NO4S.C8H14O2.H2/c1-15-3-5-16(6-4-15)20(24)23(18-9-14-29-19(18)21(25)26-2)17-7-10-22(11-8-17)27-12-13-28-22;1-17-13(16)12-11(4-9-20-12)15-10-2-5-14(6-3-10)18-7-8-19-14;1-6-2-4-7(5-3-6)8(9)10;/h9,14-17H,3-8,10-13H2,1-2H3;4,9-10,15H,2-3,5-8H2,1H3;6-7H,2-5H2,1H3,(H,9,10);1H. The van der Waals surface area contributed by atoms with Crippen molar-refractivity contribution in [1.82, 2.24) is 0 Å². The molecule has 4 heterocycles. The predicted molar refractivity (Wildman–Crippen MR) is 228 cm³/mol. The lowest BCUT2D eigenvalue weighted by atomic mass is 9.81. The van der Waals surface area contributed by atoms with Gasteiger partial charge in [-0.05, 0) is 112 Å². The van der Waals surface area contributed by atoms with Crippen LogP contribution < -0.4 is 10.2 Å². The van der Waals surface area contributed by atoms with Crippen LogP contribution in [0.3, 0.4) is 0 Å². The maximum Gasteiger partial charge on any atom is 0.350 e. The van der Waals surface area contributed by atoms with E-state index < -0.39 is 11.8 Å². The first kappa shape index (κ1) is 45.4. The second kappa shape index (κ2) is 21.1. The second-order valence-electron chi connectivity index (χ2n) is 17.1. The quantitative estimate of drug-likeness (QED) is 0.243. The van der Waals surface area contributed by atoms with E-state index in [2.05, 4.69) is 19.2 Å². The summed E-state index contributed by atoms with van der Waals surface area (Å²) in [6, 6.07) is 4.24. The van der Waals surface area contributed by atoms with Crippen molar-refractivity contribution in [1.29, 1.82) is 0 Å². The molecular weight excluding hydrogens is 797 g/mol. The lowest BCUT2D eigenvalue weighted by Gasteiger charge is -2.42. The van der Waals surface area contributed by atoms with Gasteiger partial charge in [-0.15, -0.1) is 22.7 Å². The number of carboxylic acids is 1. The summed E-state index contributed by atoms with van der Waals surface area (Å²) in [6.45, 7) is 7.15. The molecule has 13 nitrogen and oxygen atoms in total. The van der Waals surface area contributed by atoms with Gasteiger partial charge in [0.1, 0.15) is 9.75 Å². The molecule has 0 atom stereocenters. The van der Waals surface area contributed by atoms with Crippen molar-refractivity contribution in [2.45, 2.75) is 140 Å². The number of nitrogens with one attached hydrogen (secondary N) is 1. The van der Waals surface area contributed by atoms with Crippen LogP contribution in [0, 0.1) is 23.7 Å². The second-order valence-corrected chi connectivity index (χ2v) is 18.9. The first-order valence-corrected chi connectivity index (χ1v) is 23.4. The van der Waals surface area contributed by atoms with E-state index in [4.69, 9.17) is 33.5 Å². The zero-order valence-electron chi connectivity index (χ0n) is 35.2. The van der Waals surface area contributed by atoms with Crippen LogP contribution in [0.5, 0.6) is 0 Å². The first-order valence-electron chi connectivity index (χ1n) is 21.6. The highest BCUT2D eigenvalue weighted by atomic mass is 32.1. The van der Waals surface area contributed by atoms with Crippen LogP contribution in [-0.2, 0) is 38.0 Å². The highest BCUT2D eigenvalue weighted by Gasteiger charge is 2.45. The Morgan fingerprint density at radius 3 is 1.64 bits per heavy atom. The van der Waals surface area contributed by atoms with Crippen LogP contribution in [0.15, 0.2) is 22.9 Å². The zero-order valence-corrected chi connectivity index (χ0v) is 36.8. The minimum absolute atomic E-state index is 0. The topological polar surface area (TPSA) is 159 Å². The SMILES string of the molecule is CC1CCC(C(=O)O)CC1.COC(=O)c1sccc1N(C(=O)C1CCC(C)CC1)C1CCC2(CC1)OCCO2.COC(=O)c1sccc1NC1CCC2(CC1)OCCO2.[HH]. The first-order chi connectivity index (χ1) is 28.4. The van der Waals surface area contributed by atoms with E-state index in [9.17, 15) is 19.2 Å². The van der Waals surface area contributed by atoms with Crippen LogP contribution >= 0.6 is 22.7 Å². The predicted octanol–water partition coefficient (Wildman–Crippen LogP) is 9.16. The molecule has 6 fully saturated rings. The lowest BCUT2D eigenvalue weighted by molar-refractivity contribution is -0.179. The summed E-state index contributed by atoms with van der Waals surface area (Å²) in [5.74, 6) is -0.481. The minimum Gasteiger partial charge on any atom is -0.481 e. The molecule has 2 aromatic rings. The number of ether oxygens (including phenoxy) is 6. The van der Waals surface area contributed by atoms with Gasteiger partial charge in [-0.25, -0.2) is 9.59 Å². The van der Waals surface area contributed by atoms with Crippen LogP contribution in [-0.4, -0.2) is 93.2 Å². The minimum atomic E-state index is -0.605. The number of hydrogen-bond acceptors (Lipinski definition) is 13. The fourth-order valence-electron chi connectivity index (χ4n) is 9.41. The molecule has 1 amide bonds. The van der Waals surface area contributed by atoms with Crippen molar-refractivity contribution in [2.75, 3.05) is 50.9 Å². The normalized spacial score (nSPS) is 27.4. The maximum atomic E-state index is 13.7. The van der Waals surface area contributed by atoms with Crippen LogP contribution in [0.2, 0.25) is 0 Å². The Kier molecular flexibility index (Phi) is 16.3. The van der Waals surface area contributed by atoms with E-state index in [0.717, 1.165) is 114 Å². The van der Waals surface area contributed by atoms with Gasteiger partial charge in [0, 0.05) is 45.1 Å². The Morgan fingerprint density at radius 1 is 0.678 bits per heavy atom. The summed E-state index contributed by atoms with van der Waals surface area (Å²) in [5, 5.41) is 15.9. The summed E-state index contributed by atoms with van der Waals surface area (Å²) >= 11 is 2.74. The van der Waals surface area contributed by atoms with Gasteiger partial charge >= 0.3 is 17.9 Å². The Labute approximate surface area is 358 Å². The Balaban J connectivity index is 0.000000190. The van der Waals surface area contributed by atoms with Crippen molar-refractivity contribution in [3.05, 3.63) is 32.6 Å². The number of carbonyl (C=O) groups is 4. The number of nitrogens with zero attached hydrogens (tertiary/aromatic N) is 1. The van der Waals surface area contributed by atoms with Gasteiger partial charge in [0.25, 0.3) is 0 Å². The molecule has 0 aromatic carbocycles. The molecule has 0 unspecified atom stereocenters. The third-order valence-corrected chi connectivity index (χ3v) is 14.9. The molecule has 8 rings (SSSR count). The average molecular weight is 863 g/mol. The average Bonchev–Trinajstić information content (AvgIpc) is 4.10. The van der Waals surface area contributed by atoms with E-state index in [1.165, 1.54) is 36.9 Å². The summed E-state index contributed by atoms with van der Waals surface area (Å²) in [6.07, 6.45) is 14.9. The molecule has 2 aliphatic heterocycles. The van der Waals surface area contributed by atoms with Crippen molar-refractivity contribution in [3.63, 3.8) is 0 Å². The molecule has 4 saturated carbocycles. The van der Waals surface area contributed by atoms with E-state index in [-0.39, 0.29) is 42.9 Å². The number of methoxy groups -OCH3 is 2. The molecule has 330 valence electrons. The number of aliphatic carboxylic acids is 1. The number of carboxylic acid groups (broad SMARTS) is 1. The number of rotatable bonds is 8. The number of carbonyl (C=O) groups excluding carboxylic acids is 3. The molecule has 59 heavy (non-hydrogen) atoms. The molecule has 0 bridgehead atoms. The lowest BCUT2D eigenvalue weighted by Crippen LogP contribution is -2.49. The van der Waals surface area contributed by atoms with Crippen molar-refractivity contribution >= 4 is 57.9 Å². The monoisotopic (exact) mass is 862 g/mol. The maximum absolute atomic E-state index is 13.7. The van der Waals surface area contributed by atoms with E-state index >= 15 is 0 Å². The Morgan fingerprint density at radius 2 is 1.14 bits per heavy atom. The fourth-order valence-corrected chi connectivity index (χ4v) is 11.0. The van der Waals surface area contributed by atoms with Gasteiger partial charge in [0.05, 0.1) is 57.9 Å². The van der Waals surface area contributed by atoms with E-state index in [1.807, 2.05) is 27.8 Å². The van der Waals surface area contributed by atoms with E-state index in [1.54, 1.807) is 0 Å². The van der Waals surface area contributed by atoms with Crippen molar-refractivity contribution < 1.29 is 54.1 Å². The molecule has 15 heteroatoms. The van der Waals surface area contributed by atoms with Gasteiger partial charge in [-0.3, -0.25) is 9.59 Å². The van der Waals surface area contributed by atoms with Crippen LogP contribution in [0.25, 0.3) is 0 Å². The van der Waals surface area contributed by atoms with Gasteiger partial charge < -0.3 is 43.7 Å². The van der Waals surface area contributed by atoms with Crippen molar-refractivity contribution in [2.24, 2.45) is 23.7 Å². The Hall–Kier alpha value is -3.08. The van der Waals surface area contributed by atoms with Gasteiger partial charge in [-0.1, -0.05) is 13.8 Å². The Bertz CT molecular complexity index is 1670. The highest BCUT2D eigenvalue weighted by molar-refractivity contribution is 7.13. The molecule has 2 aromatic heterocycles. The number of thiophene rings is 2. The van der Waals surface area contributed by atoms with Gasteiger partial charge in [0.15, 0.2) is 11.6 Å². The fraction of sp³-hybridized carbons (Fsp3) is 0.727. The third kappa shape index (κ3) is 11.6. The van der Waals surface area contributed by atoms with Gasteiger partial charge in [0.2, 0.25) is 5.91 Å². The van der Waals surface area contributed by atoms with E-state index in [0.29, 0.717) is 53.8 Å². The number of amides is 1. The van der Waals surface area contributed by atoms with Crippen LogP contribution in [0.1, 0.15) is 137 Å². The van der Waals surface area contributed by atoms with Gasteiger partial charge in [-0.2, -0.15) is 0 Å². The number of esters is 2. The molecule has 6 aliphatic rings. The highest BCUT2D eigenvalue weighted by Crippen LogP contribution is 2.42. The summed E-state index contributed by atoms with van der Waals surface area (Å²) < 4.78 is 33.0. The molecule has 2 saturated heterocycles. The van der Waals surface area contributed by atoms with Crippen LogP contribution in [0.4, 0.5) is 11.4 Å². The summed E-state index contributed by atoms with van der Waals surface area (Å²) in [5.41, 5.74) is 1.58. The molecule has 2 N–H and O–H groups in total. The smallest absolute Gasteiger partial charge is 0.350 e. The molecular formula is C44H66N2O11S2. The van der Waals surface area contributed by atoms with Crippen molar-refractivity contribution in [3.8, 4) is 0 Å². The molecule has 0 radical (unpaired) electrons. The largest absolute Gasteiger partial charge is 0.481 e. The molecule has 2 spiro atoms. The summed E-state index contributed by atoms with van der Waals surface area (Å²) in [7, 11) is 2.80. The zero-order chi connectivity index (χ0) is 42.0. The number of anilines is 2. The third-order valence-electron chi connectivity index (χ3n) is 13.1. The molecule has 4 aliphatic carbocycles. The number of hydrogen-bond donors (Lipinski definition) is 2. The summed E-state index contributed by atoms with van der Waals surface area (Å²) in [4.78, 5) is 51.2.